The second kappa shape index (κ2) is 9.75. The third kappa shape index (κ3) is 3.81. The van der Waals surface area contributed by atoms with E-state index in [9.17, 15) is 0 Å². The molecule has 0 saturated carbocycles. The molecule has 9 aromatic rings. The Balaban J connectivity index is 1.27. The van der Waals surface area contributed by atoms with Gasteiger partial charge in [-0.3, -0.25) is 0 Å². The Hall–Kier alpha value is -5.51. The summed E-state index contributed by atoms with van der Waals surface area (Å²) in [7, 11) is 0. The van der Waals surface area contributed by atoms with Crippen LogP contribution in [0.2, 0.25) is 0 Å². The smallest absolute Gasteiger partial charge is 0.0730 e. The molecule has 0 unspecified atom stereocenters. The molecule has 3 heterocycles. The summed E-state index contributed by atoms with van der Waals surface area (Å²) >= 11 is 1.85. The lowest BCUT2D eigenvalue weighted by molar-refractivity contribution is 0.666. The van der Waals surface area contributed by atoms with Crippen molar-refractivity contribution in [3.8, 4) is 39.3 Å². The van der Waals surface area contributed by atoms with Crippen molar-refractivity contribution >= 4 is 53.3 Å². The van der Waals surface area contributed by atoms with E-state index >= 15 is 0 Å². The van der Waals surface area contributed by atoms with Gasteiger partial charge in [0.15, 0.2) is 0 Å². The number of rotatable bonds is 3. The molecule has 0 aliphatic heterocycles. The molecule has 0 bridgehead atoms. The van der Waals surface area contributed by atoms with Crippen LogP contribution in [0.25, 0.3) is 81.3 Å². The first-order valence-electron chi connectivity index (χ1n) is 16.2. The largest absolute Gasteiger partial charge is 0.309 e. The standard InChI is InChI=1S/C44H30N2S/c1-44(2)35-17-9-6-14-30(35)32-21-22-39-42(43(32)44)33-16-7-10-18-38(33)46(39)29-25-36(27-12-4-3-5-13-27)45-37(26-29)28-20-23-41-34(24-28)31-15-8-11-19-40(31)47-41/h3-26H,1-2H3. The molecular weight excluding hydrogens is 589 g/mol. The average Bonchev–Trinajstić information content (AvgIpc) is 3.74. The van der Waals surface area contributed by atoms with Gasteiger partial charge in [0.2, 0.25) is 0 Å². The van der Waals surface area contributed by atoms with E-state index < -0.39 is 0 Å². The van der Waals surface area contributed by atoms with Crippen LogP contribution in [-0.2, 0) is 5.41 Å². The van der Waals surface area contributed by atoms with Crippen LogP contribution in [0.3, 0.4) is 0 Å². The zero-order chi connectivity index (χ0) is 31.3. The maximum Gasteiger partial charge on any atom is 0.0730 e. The van der Waals surface area contributed by atoms with E-state index in [2.05, 4.69) is 164 Å². The zero-order valence-corrected chi connectivity index (χ0v) is 27.0. The molecule has 0 atom stereocenters. The highest BCUT2D eigenvalue weighted by Gasteiger charge is 2.38. The third-order valence-corrected chi connectivity index (χ3v) is 11.3. The average molecular weight is 619 g/mol. The van der Waals surface area contributed by atoms with Crippen LogP contribution in [0.15, 0.2) is 146 Å². The Morgan fingerprint density at radius 3 is 2.11 bits per heavy atom. The Bertz CT molecular complexity index is 2710. The summed E-state index contributed by atoms with van der Waals surface area (Å²) in [6, 6.07) is 53.1. The number of thiophene rings is 1. The van der Waals surface area contributed by atoms with E-state index in [1.165, 1.54) is 64.2 Å². The summed E-state index contributed by atoms with van der Waals surface area (Å²) in [5.74, 6) is 0. The molecule has 0 spiro atoms. The maximum absolute atomic E-state index is 5.31. The summed E-state index contributed by atoms with van der Waals surface area (Å²) in [6.45, 7) is 4.76. The van der Waals surface area contributed by atoms with Crippen LogP contribution in [0, 0.1) is 0 Å². The first-order valence-corrected chi connectivity index (χ1v) is 17.0. The molecule has 1 aliphatic rings. The van der Waals surface area contributed by atoms with Crippen LogP contribution < -0.4 is 0 Å². The van der Waals surface area contributed by atoms with E-state index in [0.717, 1.165) is 28.2 Å². The number of pyridine rings is 1. The van der Waals surface area contributed by atoms with Crippen molar-refractivity contribution in [3.05, 3.63) is 157 Å². The summed E-state index contributed by atoms with van der Waals surface area (Å²) in [5.41, 5.74) is 13.1. The van der Waals surface area contributed by atoms with Gasteiger partial charge in [0.1, 0.15) is 0 Å². The van der Waals surface area contributed by atoms with Crippen molar-refractivity contribution in [2.45, 2.75) is 19.3 Å². The molecule has 3 heteroatoms. The van der Waals surface area contributed by atoms with Gasteiger partial charge >= 0.3 is 0 Å². The molecule has 3 aromatic heterocycles. The number of nitrogens with zero attached hydrogens (tertiary/aromatic N) is 2. The van der Waals surface area contributed by atoms with Crippen molar-refractivity contribution < 1.29 is 0 Å². The second-order valence-corrected chi connectivity index (χ2v) is 14.3. The highest BCUT2D eigenvalue weighted by molar-refractivity contribution is 7.25. The zero-order valence-electron chi connectivity index (χ0n) is 26.2. The number of benzene rings is 6. The molecule has 2 nitrogen and oxygen atoms in total. The Morgan fingerprint density at radius 1 is 0.532 bits per heavy atom. The summed E-state index contributed by atoms with van der Waals surface area (Å²) < 4.78 is 5.07. The number of hydrogen-bond acceptors (Lipinski definition) is 2. The number of hydrogen-bond donors (Lipinski definition) is 0. The summed E-state index contributed by atoms with van der Waals surface area (Å²) in [4.78, 5) is 5.31. The lowest BCUT2D eigenvalue weighted by atomic mass is 9.80. The van der Waals surface area contributed by atoms with Crippen LogP contribution in [-0.4, -0.2) is 9.55 Å². The van der Waals surface area contributed by atoms with E-state index in [4.69, 9.17) is 4.98 Å². The highest BCUT2D eigenvalue weighted by Crippen LogP contribution is 2.53. The number of fused-ring (bicyclic) bond motifs is 10. The molecule has 1 aliphatic carbocycles. The van der Waals surface area contributed by atoms with Crippen molar-refractivity contribution in [3.63, 3.8) is 0 Å². The van der Waals surface area contributed by atoms with E-state index in [0.29, 0.717) is 0 Å². The quantitative estimate of drug-likeness (QED) is 0.193. The summed E-state index contributed by atoms with van der Waals surface area (Å²) in [5, 5.41) is 5.20. The fourth-order valence-electron chi connectivity index (χ4n) is 8.05. The van der Waals surface area contributed by atoms with Crippen molar-refractivity contribution in [2.75, 3.05) is 0 Å². The van der Waals surface area contributed by atoms with Gasteiger partial charge in [0.25, 0.3) is 0 Å². The van der Waals surface area contributed by atoms with Gasteiger partial charge in [-0.1, -0.05) is 117 Å². The van der Waals surface area contributed by atoms with Gasteiger partial charge in [-0.05, 0) is 64.7 Å². The van der Waals surface area contributed by atoms with Gasteiger partial charge in [-0.15, -0.1) is 11.3 Å². The second-order valence-electron chi connectivity index (χ2n) is 13.2. The molecule has 0 saturated heterocycles. The Morgan fingerprint density at radius 2 is 1.23 bits per heavy atom. The molecule has 6 aromatic carbocycles. The van der Waals surface area contributed by atoms with E-state index in [1.54, 1.807) is 0 Å². The topological polar surface area (TPSA) is 17.8 Å². The molecule has 222 valence electrons. The SMILES string of the molecule is CC1(C)c2ccccc2-c2ccc3c(c21)c1ccccc1n3-c1cc(-c2ccccc2)nc(-c2ccc3sc4ccccc4c3c2)c1. The monoisotopic (exact) mass is 618 g/mol. The van der Waals surface area contributed by atoms with Crippen molar-refractivity contribution in [2.24, 2.45) is 0 Å². The molecule has 0 radical (unpaired) electrons. The van der Waals surface area contributed by atoms with Crippen LogP contribution in [0.1, 0.15) is 25.0 Å². The lowest BCUT2D eigenvalue weighted by Crippen LogP contribution is -2.15. The third-order valence-electron chi connectivity index (χ3n) is 10.2. The van der Waals surface area contributed by atoms with Gasteiger partial charge < -0.3 is 4.57 Å². The van der Waals surface area contributed by atoms with E-state index in [-0.39, 0.29) is 5.41 Å². The fraction of sp³-hybridized carbons (Fsp3) is 0.0682. The number of para-hydroxylation sites is 1. The van der Waals surface area contributed by atoms with Crippen molar-refractivity contribution in [1.82, 2.24) is 9.55 Å². The van der Waals surface area contributed by atoms with Gasteiger partial charge in [-0.25, -0.2) is 4.98 Å². The minimum Gasteiger partial charge on any atom is -0.309 e. The molecular formula is C44H30N2S. The van der Waals surface area contributed by atoms with Gasteiger partial charge in [-0.2, -0.15) is 0 Å². The first-order chi connectivity index (χ1) is 23.1. The predicted octanol–water partition coefficient (Wildman–Crippen LogP) is 12.2. The normalized spacial score (nSPS) is 13.5. The van der Waals surface area contributed by atoms with Crippen LogP contribution in [0.4, 0.5) is 0 Å². The highest BCUT2D eigenvalue weighted by atomic mass is 32.1. The van der Waals surface area contributed by atoms with Gasteiger partial charge in [0, 0.05) is 47.5 Å². The Labute approximate surface area is 277 Å². The Kier molecular flexibility index (Phi) is 5.53. The minimum absolute atomic E-state index is 0.113. The first kappa shape index (κ1) is 26.7. The minimum atomic E-state index is -0.113. The predicted molar refractivity (Wildman–Crippen MR) is 200 cm³/mol. The number of aromatic nitrogens is 2. The lowest BCUT2D eigenvalue weighted by Gasteiger charge is -2.22. The summed E-state index contributed by atoms with van der Waals surface area (Å²) in [6.07, 6.45) is 0. The fourth-order valence-corrected chi connectivity index (χ4v) is 9.13. The maximum atomic E-state index is 5.31. The molecule has 0 amide bonds. The molecule has 47 heavy (non-hydrogen) atoms. The van der Waals surface area contributed by atoms with Gasteiger partial charge in [0.05, 0.1) is 28.1 Å². The van der Waals surface area contributed by atoms with E-state index in [1.807, 2.05) is 11.3 Å². The van der Waals surface area contributed by atoms with Crippen LogP contribution >= 0.6 is 11.3 Å². The molecule has 10 rings (SSSR count). The molecule has 0 fully saturated rings. The molecule has 0 N–H and O–H groups in total. The van der Waals surface area contributed by atoms with Crippen LogP contribution in [0.5, 0.6) is 0 Å². The van der Waals surface area contributed by atoms with Crippen molar-refractivity contribution in [1.29, 1.82) is 0 Å².